The Morgan fingerprint density at radius 2 is 1.87 bits per heavy atom. The van der Waals surface area contributed by atoms with Crippen molar-refractivity contribution in [3.63, 3.8) is 0 Å². The lowest BCUT2D eigenvalue weighted by Gasteiger charge is -2.38. The average Bonchev–Trinajstić information content (AvgIpc) is 2.97. The molecule has 14 heteroatoms. The molecule has 1 fully saturated rings. The molecule has 2 unspecified atom stereocenters. The highest BCUT2D eigenvalue weighted by Crippen LogP contribution is 2.39. The normalized spacial score (nSPS) is 19.4. The van der Waals surface area contributed by atoms with Crippen LogP contribution in [0.5, 0.6) is 11.5 Å². The molecule has 2 atom stereocenters. The molecule has 4 rings (SSSR count). The van der Waals surface area contributed by atoms with Crippen molar-refractivity contribution in [2.45, 2.75) is 69.8 Å². The topological polar surface area (TPSA) is 120 Å². The summed E-state index contributed by atoms with van der Waals surface area (Å²) in [6.07, 6.45) is 2.92. The standard InChI is InChI=1S/C32H38ClF3N4O6/c1-5-37-28(42)23-9-13-30(2,18-38-23)39-29(43)24(10-14-46-31(3)11-6-12-31)40-17-26(44-4)22(16-27(40)41)21-15-20(33)7-8-25(21)45-19-32(34,35)36/h7-9,13,15-17,24H,5-6,10-12,14,18-19H2,1-4H3,(H,37,42)(H,39,43). The van der Waals surface area contributed by atoms with Crippen molar-refractivity contribution in [3.05, 3.63) is 58.0 Å². The summed E-state index contributed by atoms with van der Waals surface area (Å²) in [5.41, 5.74) is -1.38. The van der Waals surface area contributed by atoms with Crippen LogP contribution in [-0.4, -0.2) is 72.8 Å². The summed E-state index contributed by atoms with van der Waals surface area (Å²) in [4.78, 5) is 44.1. The predicted octanol–water partition coefficient (Wildman–Crippen LogP) is 5.03. The van der Waals surface area contributed by atoms with Crippen LogP contribution in [0.1, 0.15) is 52.5 Å². The van der Waals surface area contributed by atoms with Crippen molar-refractivity contribution >= 4 is 29.1 Å². The number of nitrogens with one attached hydrogen (secondary N) is 2. The van der Waals surface area contributed by atoms with Crippen molar-refractivity contribution in [1.29, 1.82) is 0 Å². The van der Waals surface area contributed by atoms with Crippen LogP contribution >= 0.6 is 11.6 Å². The van der Waals surface area contributed by atoms with Crippen molar-refractivity contribution in [2.75, 3.05) is 33.4 Å². The van der Waals surface area contributed by atoms with E-state index in [-0.39, 0.29) is 64.4 Å². The number of benzene rings is 1. The number of amides is 2. The fourth-order valence-electron chi connectivity index (χ4n) is 5.24. The monoisotopic (exact) mass is 666 g/mol. The molecule has 1 aromatic carbocycles. The van der Waals surface area contributed by atoms with Gasteiger partial charge in [0.25, 0.3) is 11.5 Å². The molecule has 10 nitrogen and oxygen atoms in total. The van der Waals surface area contributed by atoms with Gasteiger partial charge in [0.15, 0.2) is 6.61 Å². The van der Waals surface area contributed by atoms with Crippen LogP contribution in [0.25, 0.3) is 11.1 Å². The zero-order valence-electron chi connectivity index (χ0n) is 26.1. The molecule has 46 heavy (non-hydrogen) atoms. The maximum atomic E-state index is 13.9. The summed E-state index contributed by atoms with van der Waals surface area (Å²) in [6.45, 7) is 4.70. The molecule has 0 radical (unpaired) electrons. The molecule has 2 heterocycles. The first-order chi connectivity index (χ1) is 21.7. The van der Waals surface area contributed by atoms with Crippen molar-refractivity contribution in [3.8, 4) is 22.6 Å². The lowest BCUT2D eigenvalue weighted by Crippen LogP contribution is -2.52. The molecular formula is C32H38ClF3N4O6. The third-order valence-electron chi connectivity index (χ3n) is 7.94. The number of aromatic nitrogens is 1. The second-order valence-corrected chi connectivity index (χ2v) is 12.2. The van der Waals surface area contributed by atoms with E-state index in [0.717, 1.165) is 19.3 Å². The van der Waals surface area contributed by atoms with Gasteiger partial charge in [0.2, 0.25) is 5.91 Å². The summed E-state index contributed by atoms with van der Waals surface area (Å²) in [6, 6.07) is 4.14. The Morgan fingerprint density at radius 1 is 1.15 bits per heavy atom. The zero-order chi connectivity index (χ0) is 33.7. The number of dihydropyridines is 1. The highest BCUT2D eigenvalue weighted by atomic mass is 35.5. The highest BCUT2D eigenvalue weighted by molar-refractivity contribution is 6.43. The Morgan fingerprint density at radius 3 is 2.46 bits per heavy atom. The number of ether oxygens (including phenoxy) is 3. The van der Waals surface area contributed by atoms with Crippen LogP contribution in [0.2, 0.25) is 5.02 Å². The molecule has 2 aliphatic rings. The van der Waals surface area contributed by atoms with Crippen LogP contribution < -0.4 is 25.7 Å². The molecular weight excluding hydrogens is 629 g/mol. The van der Waals surface area contributed by atoms with Gasteiger partial charge in [-0.25, -0.2) is 0 Å². The number of hydrogen-bond donors (Lipinski definition) is 2. The molecule has 0 saturated heterocycles. The van der Waals surface area contributed by atoms with E-state index in [0.29, 0.717) is 6.54 Å². The smallest absolute Gasteiger partial charge is 0.422 e. The van der Waals surface area contributed by atoms with Crippen LogP contribution in [0.4, 0.5) is 13.2 Å². The highest BCUT2D eigenvalue weighted by Gasteiger charge is 2.35. The van der Waals surface area contributed by atoms with Crippen LogP contribution in [0.15, 0.2) is 52.4 Å². The van der Waals surface area contributed by atoms with Gasteiger partial charge in [0.1, 0.15) is 23.3 Å². The third kappa shape index (κ3) is 8.69. The molecule has 1 saturated carbocycles. The van der Waals surface area contributed by atoms with Gasteiger partial charge in [0, 0.05) is 41.8 Å². The maximum Gasteiger partial charge on any atom is 0.422 e. The predicted molar refractivity (Wildman–Crippen MR) is 168 cm³/mol. The fourth-order valence-corrected chi connectivity index (χ4v) is 5.41. The van der Waals surface area contributed by atoms with E-state index in [1.54, 1.807) is 19.9 Å². The summed E-state index contributed by atoms with van der Waals surface area (Å²) in [7, 11) is 1.34. The number of carbonyl (C=O) groups is 2. The van der Waals surface area contributed by atoms with Gasteiger partial charge >= 0.3 is 6.18 Å². The van der Waals surface area contributed by atoms with Gasteiger partial charge in [-0.3, -0.25) is 23.9 Å². The number of carbonyl (C=O) groups excluding carboxylic acids is 2. The van der Waals surface area contributed by atoms with Gasteiger partial charge in [-0.15, -0.1) is 0 Å². The first kappa shape index (κ1) is 35.0. The molecule has 1 aliphatic carbocycles. The van der Waals surface area contributed by atoms with E-state index in [9.17, 15) is 27.6 Å². The van der Waals surface area contributed by atoms with Crippen molar-refractivity contribution < 1.29 is 37.0 Å². The number of hydrogen-bond acceptors (Lipinski definition) is 7. The molecule has 2 N–H and O–H groups in total. The van der Waals surface area contributed by atoms with Gasteiger partial charge < -0.3 is 24.8 Å². The minimum atomic E-state index is -4.59. The number of pyridine rings is 1. The quantitative estimate of drug-likeness (QED) is 0.310. The van der Waals surface area contributed by atoms with E-state index >= 15 is 0 Å². The van der Waals surface area contributed by atoms with Gasteiger partial charge in [-0.2, -0.15) is 13.2 Å². The SMILES string of the molecule is CCNC(=O)C1=NCC(C)(NC(=O)C(CCOC2(C)CCC2)n2cc(OC)c(-c3cc(Cl)ccc3OCC(F)(F)F)cc2=O)C=C1. The van der Waals surface area contributed by atoms with E-state index in [4.69, 9.17) is 25.8 Å². The van der Waals surface area contributed by atoms with Crippen LogP contribution in [0, 0.1) is 0 Å². The molecule has 0 bridgehead atoms. The van der Waals surface area contributed by atoms with Gasteiger partial charge in [0.05, 0.1) is 31.0 Å². The molecule has 1 aliphatic heterocycles. The van der Waals surface area contributed by atoms with Crippen LogP contribution in [-0.2, 0) is 14.3 Å². The van der Waals surface area contributed by atoms with E-state index in [2.05, 4.69) is 15.6 Å². The number of methoxy groups -OCH3 is 1. The number of halogens is 4. The van der Waals surface area contributed by atoms with Gasteiger partial charge in [-0.1, -0.05) is 17.7 Å². The Balaban J connectivity index is 1.66. The van der Waals surface area contributed by atoms with E-state index < -0.39 is 35.8 Å². The first-order valence-electron chi connectivity index (χ1n) is 14.9. The second-order valence-electron chi connectivity index (χ2n) is 11.8. The molecule has 1 aromatic heterocycles. The average molecular weight is 667 g/mol. The van der Waals surface area contributed by atoms with Gasteiger partial charge in [-0.05, 0) is 64.3 Å². The van der Waals surface area contributed by atoms with E-state index in [1.165, 1.54) is 48.2 Å². The lowest BCUT2D eigenvalue weighted by atomic mass is 9.82. The Bertz CT molecular complexity index is 1570. The molecule has 250 valence electrons. The molecule has 2 amide bonds. The Kier molecular flexibility index (Phi) is 10.9. The number of nitrogens with zero attached hydrogens (tertiary/aromatic N) is 2. The largest absolute Gasteiger partial charge is 0.495 e. The Labute approximate surface area is 270 Å². The van der Waals surface area contributed by atoms with Crippen molar-refractivity contribution in [2.24, 2.45) is 4.99 Å². The minimum absolute atomic E-state index is 0.0929. The summed E-state index contributed by atoms with van der Waals surface area (Å²) in [5, 5.41) is 5.84. The number of aliphatic imine (C=N–C) groups is 1. The lowest BCUT2D eigenvalue weighted by molar-refractivity contribution is -0.153. The number of rotatable bonds is 13. The second kappa shape index (κ2) is 14.3. The number of alkyl halides is 3. The molecule has 2 aromatic rings. The molecule has 0 spiro atoms. The fraction of sp³-hybridized carbons (Fsp3) is 0.500. The van der Waals surface area contributed by atoms with E-state index in [1.807, 2.05) is 6.92 Å². The summed E-state index contributed by atoms with van der Waals surface area (Å²) < 4.78 is 56.8. The maximum absolute atomic E-state index is 13.9. The van der Waals surface area contributed by atoms with Crippen molar-refractivity contribution in [1.82, 2.24) is 15.2 Å². The van der Waals surface area contributed by atoms with Crippen LogP contribution in [0.3, 0.4) is 0 Å². The summed E-state index contributed by atoms with van der Waals surface area (Å²) >= 11 is 6.17. The third-order valence-corrected chi connectivity index (χ3v) is 8.18. The summed E-state index contributed by atoms with van der Waals surface area (Å²) in [5.74, 6) is -0.876. The zero-order valence-corrected chi connectivity index (χ0v) is 26.9. The minimum Gasteiger partial charge on any atom is -0.495 e. The first-order valence-corrected chi connectivity index (χ1v) is 15.3. The Hall–Kier alpha value is -3.84.